The van der Waals surface area contributed by atoms with E-state index in [9.17, 15) is 60.9 Å². The van der Waals surface area contributed by atoms with Crippen molar-refractivity contribution in [1.82, 2.24) is 15.0 Å². The van der Waals surface area contributed by atoms with E-state index in [4.69, 9.17) is 16.2 Å². The van der Waals surface area contributed by atoms with Crippen molar-refractivity contribution in [2.24, 2.45) is 10.2 Å². The van der Waals surface area contributed by atoms with Gasteiger partial charge in [-0.25, -0.2) is 17.6 Å². The van der Waals surface area contributed by atoms with E-state index in [0.717, 1.165) is 36.4 Å². The number of phenols is 1. The predicted octanol–water partition coefficient (Wildman–Crippen LogP) is 3.49. The molecule has 5 aromatic rings. The van der Waals surface area contributed by atoms with E-state index >= 15 is 0 Å². The number of halogens is 1. The first kappa shape index (κ1) is 43.1. The molecule has 0 bridgehead atoms. The number of sulfone groups is 1. The number of hydrogen-bond acceptors (Lipinski definition) is 19. The van der Waals surface area contributed by atoms with E-state index in [0.29, 0.717) is 6.07 Å². The fourth-order valence-electron chi connectivity index (χ4n) is 4.85. The summed E-state index contributed by atoms with van der Waals surface area (Å²) in [6, 6.07) is 11.7. The smallest absolute Gasteiger partial charge is 0.397 e. The maximum Gasteiger partial charge on any atom is 0.397 e. The summed E-state index contributed by atoms with van der Waals surface area (Å²) in [6.45, 7) is -1.30. The van der Waals surface area contributed by atoms with Crippen molar-refractivity contribution < 1.29 is 69.6 Å². The summed E-state index contributed by atoms with van der Waals surface area (Å²) < 4.78 is 161. The fourth-order valence-corrected chi connectivity index (χ4v) is 8.34. The van der Waals surface area contributed by atoms with Crippen LogP contribution in [0.1, 0.15) is 5.82 Å². The Morgan fingerprint density at radius 2 is 1.37 bits per heavy atom. The molecule has 304 valence electrons. The van der Waals surface area contributed by atoms with Crippen LogP contribution in [0.15, 0.2) is 96.5 Å². The molecule has 29 heteroatoms. The van der Waals surface area contributed by atoms with Gasteiger partial charge in [0.1, 0.15) is 21.2 Å². The Morgan fingerprint density at radius 1 is 0.719 bits per heavy atom. The largest absolute Gasteiger partial charge is 0.505 e. The zero-order valence-electron chi connectivity index (χ0n) is 27.9. The Morgan fingerprint density at radius 3 is 1.98 bits per heavy atom. The molecule has 0 aliphatic rings. The van der Waals surface area contributed by atoms with Crippen molar-refractivity contribution in [1.29, 1.82) is 0 Å². The van der Waals surface area contributed by atoms with Crippen molar-refractivity contribution in [3.8, 4) is 5.75 Å². The van der Waals surface area contributed by atoms with Gasteiger partial charge >= 0.3 is 10.4 Å². The summed E-state index contributed by atoms with van der Waals surface area (Å²) >= 11 is 6.08. The lowest BCUT2D eigenvalue weighted by atomic mass is 10.1. The number of aromatic nitrogens is 3. The maximum absolute atomic E-state index is 12.5. The molecule has 5 rings (SSSR count). The van der Waals surface area contributed by atoms with E-state index in [1.54, 1.807) is 0 Å². The minimum absolute atomic E-state index is 0.156. The minimum Gasteiger partial charge on any atom is -0.505 e. The van der Waals surface area contributed by atoms with E-state index < -0.39 is 107 Å². The molecule has 4 aromatic carbocycles. The summed E-state index contributed by atoms with van der Waals surface area (Å²) in [7, 11) is -24.1. The quantitative estimate of drug-likeness (QED) is 0.0583. The molecule has 23 nitrogen and oxygen atoms in total. The van der Waals surface area contributed by atoms with E-state index in [1.807, 2.05) is 0 Å². The fraction of sp³-hybridized carbons (Fsp3) is 0.107. The normalized spacial score (nSPS) is 12.9. The maximum atomic E-state index is 12.5. The molecule has 1 heterocycles. The van der Waals surface area contributed by atoms with Crippen LogP contribution in [-0.2, 0) is 61.3 Å². The van der Waals surface area contributed by atoms with Crippen LogP contribution < -0.4 is 10.6 Å². The number of benzene rings is 4. The average Bonchev–Trinajstić information content (AvgIpc) is 3.08. The Kier molecular flexibility index (Phi) is 12.2. The number of nitrogens with one attached hydrogen (secondary N) is 2. The zero-order chi connectivity index (χ0) is 42.1. The Labute approximate surface area is 327 Å². The first-order chi connectivity index (χ1) is 26.3. The zero-order valence-corrected chi connectivity index (χ0v) is 32.7. The van der Waals surface area contributed by atoms with Gasteiger partial charge in [0.05, 0.1) is 28.7 Å². The Hall–Kier alpha value is -5.01. The summed E-state index contributed by atoms with van der Waals surface area (Å²) in [5, 5.41) is 22.9. The van der Waals surface area contributed by atoms with Gasteiger partial charge in [0, 0.05) is 16.8 Å². The van der Waals surface area contributed by atoms with Crippen LogP contribution in [0.4, 0.5) is 28.7 Å². The second-order valence-electron chi connectivity index (χ2n) is 11.1. The van der Waals surface area contributed by atoms with Crippen LogP contribution >= 0.6 is 11.6 Å². The summed E-state index contributed by atoms with van der Waals surface area (Å²) in [5.74, 6) is -2.19. The number of rotatable bonds is 15. The molecule has 0 amide bonds. The lowest BCUT2D eigenvalue weighted by Crippen LogP contribution is -2.15. The molecule has 0 aliphatic heterocycles. The molecule has 0 fully saturated rings. The van der Waals surface area contributed by atoms with E-state index in [1.165, 1.54) is 24.3 Å². The molecule has 7 N–H and O–H groups in total. The molecule has 0 atom stereocenters. The van der Waals surface area contributed by atoms with Gasteiger partial charge in [0.15, 0.2) is 21.4 Å². The highest BCUT2D eigenvalue weighted by Crippen LogP contribution is 2.45. The van der Waals surface area contributed by atoms with Crippen LogP contribution in [0.3, 0.4) is 0 Å². The van der Waals surface area contributed by atoms with Gasteiger partial charge in [-0.2, -0.15) is 43.6 Å². The molecule has 57 heavy (non-hydrogen) atoms. The molecule has 0 spiro atoms. The van der Waals surface area contributed by atoms with Gasteiger partial charge in [-0.15, -0.1) is 10.2 Å². The molecule has 0 aliphatic carbocycles. The van der Waals surface area contributed by atoms with Crippen molar-refractivity contribution in [2.75, 3.05) is 23.0 Å². The Balaban J connectivity index is 1.50. The van der Waals surface area contributed by atoms with Gasteiger partial charge < -0.3 is 15.7 Å². The first-order valence-corrected chi connectivity index (χ1v) is 22.7. The predicted molar refractivity (Wildman–Crippen MR) is 197 cm³/mol. The monoisotopic (exact) mass is 909 g/mol. The summed E-state index contributed by atoms with van der Waals surface area (Å²) in [6.07, 6.45) is 0. The molecule has 1 aromatic heterocycles. The molecular formula is C28H24ClN7O16S5. The number of anilines is 3. The van der Waals surface area contributed by atoms with Crippen LogP contribution in [0.2, 0.25) is 5.28 Å². The molecule has 0 unspecified atom stereocenters. The number of azo groups is 1. The lowest BCUT2D eigenvalue weighted by Gasteiger charge is -2.15. The Bertz CT molecular complexity index is 3010. The molecule has 0 saturated heterocycles. The topological polar surface area (TPSA) is 369 Å². The van der Waals surface area contributed by atoms with Crippen LogP contribution in [-0.4, -0.2) is 92.7 Å². The highest BCUT2D eigenvalue weighted by atomic mass is 35.5. The number of phenolic OH excluding ortho intramolecular Hbond substituents is 1. The highest BCUT2D eigenvalue weighted by Gasteiger charge is 2.26. The third-order valence-electron chi connectivity index (χ3n) is 7.25. The van der Waals surface area contributed by atoms with Gasteiger partial charge in [-0.1, -0.05) is 12.1 Å². The second kappa shape index (κ2) is 16.1. The number of fused-ring (bicyclic) bond motifs is 1. The van der Waals surface area contributed by atoms with Crippen LogP contribution in [0.5, 0.6) is 5.75 Å². The standard InChI is InChI=1S/C28H24ClN7O16S5/c29-27-32-23(33-28(34-27)31-16-5-7-17(8-6-16)53(38,39)10-9-52-57(49,50)51)14-30-20-13-18(54(40,41)42)11-15-12-22(56(46,47)48)25(26(37)24(15)20)36-35-19-3-1-2-4-21(19)55(43,44)45/h1-8,11-13,30,37H,9-10,14H2,(H,40,41,42)(H,43,44,45)(H,46,47,48)(H,49,50,51)(H,31,32,33,34). The minimum atomic E-state index is -5.29. The van der Waals surface area contributed by atoms with Crippen molar-refractivity contribution in [2.45, 2.75) is 26.1 Å². The third kappa shape index (κ3) is 10.9. The number of nitrogens with zero attached hydrogens (tertiary/aromatic N) is 5. The second-order valence-corrected chi connectivity index (χ2v) is 18.9. The third-order valence-corrected chi connectivity index (χ3v) is 12.2. The number of hydrogen-bond donors (Lipinski definition) is 7. The first-order valence-electron chi connectivity index (χ1n) is 14.9. The van der Waals surface area contributed by atoms with E-state index in [2.05, 4.69) is 40.0 Å². The van der Waals surface area contributed by atoms with Crippen molar-refractivity contribution >= 4 is 102 Å². The molecular weight excluding hydrogens is 886 g/mol. The van der Waals surface area contributed by atoms with Gasteiger partial charge in [0.25, 0.3) is 30.4 Å². The lowest BCUT2D eigenvalue weighted by molar-refractivity contribution is 0.284. The van der Waals surface area contributed by atoms with Gasteiger partial charge in [-0.05, 0) is 71.6 Å². The van der Waals surface area contributed by atoms with Gasteiger partial charge in [-0.3, -0.25) is 18.2 Å². The summed E-state index contributed by atoms with van der Waals surface area (Å²) in [4.78, 5) is 9.11. The average molecular weight is 910 g/mol. The molecule has 0 saturated carbocycles. The summed E-state index contributed by atoms with van der Waals surface area (Å²) in [5.41, 5.74) is -1.59. The van der Waals surface area contributed by atoms with Crippen molar-refractivity contribution in [3.63, 3.8) is 0 Å². The number of aromatic hydroxyl groups is 1. The van der Waals surface area contributed by atoms with E-state index in [-0.39, 0.29) is 38.7 Å². The van der Waals surface area contributed by atoms with Crippen LogP contribution in [0, 0.1) is 0 Å². The van der Waals surface area contributed by atoms with Crippen molar-refractivity contribution in [3.05, 3.63) is 77.8 Å². The van der Waals surface area contributed by atoms with Crippen LogP contribution in [0.25, 0.3) is 10.8 Å². The van der Waals surface area contributed by atoms with Gasteiger partial charge in [0.2, 0.25) is 11.2 Å². The molecule has 0 radical (unpaired) electrons. The SMILES string of the molecule is O=S(=O)(O)OCCS(=O)(=O)c1ccc(Nc2nc(Cl)nc(CNc3cc(S(=O)(=O)O)cc4cc(S(=O)(=O)O)c(N=Nc5ccccc5S(=O)(=O)O)c(O)c34)n2)cc1. The highest BCUT2D eigenvalue weighted by molar-refractivity contribution is 7.91.